The van der Waals surface area contributed by atoms with Gasteiger partial charge in [-0.3, -0.25) is 0 Å². The predicted molar refractivity (Wildman–Crippen MR) is 75.3 cm³/mol. The lowest BCUT2D eigenvalue weighted by atomic mass is 10.1. The number of benzene rings is 1. The predicted octanol–water partition coefficient (Wildman–Crippen LogP) is 2.47. The summed E-state index contributed by atoms with van der Waals surface area (Å²) in [4.78, 5) is 0. The minimum absolute atomic E-state index is 0.530. The van der Waals surface area contributed by atoms with Crippen molar-refractivity contribution in [2.45, 2.75) is 20.4 Å². The van der Waals surface area contributed by atoms with Crippen LogP contribution in [0.4, 0.5) is 0 Å². The Morgan fingerprint density at radius 1 is 1.24 bits per heavy atom. The van der Waals surface area contributed by atoms with Crippen LogP contribution in [0.3, 0.4) is 0 Å². The van der Waals surface area contributed by atoms with E-state index < -0.39 is 0 Å². The van der Waals surface area contributed by atoms with Crippen molar-refractivity contribution >= 4 is 0 Å². The molecule has 0 radical (unpaired) electrons. The SMILES string of the molecule is Cc1cc(Cn2c(C)nnc2-c2cccc(C#N)c2)no1. The van der Waals surface area contributed by atoms with Crippen LogP contribution in [0.5, 0.6) is 0 Å². The molecule has 0 spiro atoms. The lowest BCUT2D eigenvalue weighted by molar-refractivity contribution is 0.389. The largest absolute Gasteiger partial charge is 0.361 e. The van der Waals surface area contributed by atoms with E-state index in [0.717, 1.165) is 22.8 Å². The molecule has 6 heteroatoms. The molecule has 0 aliphatic rings. The number of hydrogen-bond donors (Lipinski definition) is 0. The third-order valence-corrected chi connectivity index (χ3v) is 3.18. The maximum Gasteiger partial charge on any atom is 0.164 e. The van der Waals surface area contributed by atoms with E-state index >= 15 is 0 Å². The summed E-state index contributed by atoms with van der Waals surface area (Å²) in [5, 5.41) is 21.3. The standard InChI is InChI=1S/C15H13N5O/c1-10-6-14(19-21-10)9-20-11(2)17-18-15(20)13-5-3-4-12(7-13)8-16/h3-7H,9H2,1-2H3. The number of aromatic nitrogens is 4. The molecule has 1 aromatic carbocycles. The van der Waals surface area contributed by atoms with E-state index in [-0.39, 0.29) is 0 Å². The highest BCUT2D eigenvalue weighted by Gasteiger charge is 2.13. The number of aryl methyl sites for hydroxylation is 2. The Kier molecular flexibility index (Phi) is 3.24. The summed E-state index contributed by atoms with van der Waals surface area (Å²) < 4.78 is 7.04. The summed E-state index contributed by atoms with van der Waals surface area (Å²) in [6.45, 7) is 4.27. The molecular weight excluding hydrogens is 266 g/mol. The van der Waals surface area contributed by atoms with E-state index in [1.807, 2.05) is 36.6 Å². The molecule has 0 aliphatic carbocycles. The molecule has 0 fully saturated rings. The summed E-state index contributed by atoms with van der Waals surface area (Å²) in [7, 11) is 0. The first-order chi connectivity index (χ1) is 10.2. The monoisotopic (exact) mass is 279 g/mol. The fourth-order valence-corrected chi connectivity index (χ4v) is 2.17. The Hall–Kier alpha value is -2.94. The van der Waals surface area contributed by atoms with E-state index in [2.05, 4.69) is 21.4 Å². The zero-order chi connectivity index (χ0) is 14.8. The van der Waals surface area contributed by atoms with Crippen LogP contribution >= 0.6 is 0 Å². The van der Waals surface area contributed by atoms with E-state index in [0.29, 0.717) is 17.9 Å². The van der Waals surface area contributed by atoms with Gasteiger partial charge in [-0.25, -0.2) is 0 Å². The molecule has 0 bridgehead atoms. The average Bonchev–Trinajstić information content (AvgIpc) is 3.06. The normalized spacial score (nSPS) is 10.5. The Bertz CT molecular complexity index is 825. The van der Waals surface area contributed by atoms with Gasteiger partial charge >= 0.3 is 0 Å². The second kappa shape index (κ2) is 5.21. The molecule has 3 rings (SSSR count). The molecule has 0 unspecified atom stereocenters. The van der Waals surface area contributed by atoms with Crippen molar-refractivity contribution in [3.05, 3.63) is 53.2 Å². The fourth-order valence-electron chi connectivity index (χ4n) is 2.17. The van der Waals surface area contributed by atoms with E-state index in [9.17, 15) is 0 Å². The van der Waals surface area contributed by atoms with Crippen LogP contribution in [-0.4, -0.2) is 19.9 Å². The minimum Gasteiger partial charge on any atom is -0.361 e. The van der Waals surface area contributed by atoms with Gasteiger partial charge in [-0.1, -0.05) is 17.3 Å². The first kappa shape index (κ1) is 13.1. The molecule has 6 nitrogen and oxygen atoms in total. The Morgan fingerprint density at radius 3 is 2.81 bits per heavy atom. The maximum absolute atomic E-state index is 9.01. The molecule has 2 aromatic heterocycles. The van der Waals surface area contributed by atoms with Crippen molar-refractivity contribution in [2.24, 2.45) is 0 Å². The summed E-state index contributed by atoms with van der Waals surface area (Å²) in [5.41, 5.74) is 2.26. The van der Waals surface area contributed by atoms with Crippen LogP contribution in [0, 0.1) is 25.2 Å². The fraction of sp³-hybridized carbons (Fsp3) is 0.200. The maximum atomic E-state index is 9.01. The number of hydrogen-bond acceptors (Lipinski definition) is 5. The molecule has 3 aromatic rings. The van der Waals surface area contributed by atoms with Crippen LogP contribution < -0.4 is 0 Å². The van der Waals surface area contributed by atoms with Gasteiger partial charge in [0.25, 0.3) is 0 Å². The van der Waals surface area contributed by atoms with Crippen LogP contribution in [0.15, 0.2) is 34.9 Å². The van der Waals surface area contributed by atoms with Gasteiger partial charge in [0.1, 0.15) is 17.3 Å². The molecular formula is C15H13N5O. The van der Waals surface area contributed by atoms with Crippen molar-refractivity contribution in [3.63, 3.8) is 0 Å². The van der Waals surface area contributed by atoms with Crippen molar-refractivity contribution in [1.29, 1.82) is 5.26 Å². The minimum atomic E-state index is 0.530. The van der Waals surface area contributed by atoms with Gasteiger partial charge in [0.2, 0.25) is 0 Å². The van der Waals surface area contributed by atoms with Gasteiger partial charge in [-0.2, -0.15) is 5.26 Å². The van der Waals surface area contributed by atoms with Crippen LogP contribution in [0.2, 0.25) is 0 Å². The Balaban J connectivity index is 2.02. The average molecular weight is 279 g/mol. The molecule has 0 amide bonds. The van der Waals surface area contributed by atoms with Gasteiger partial charge in [-0.15, -0.1) is 10.2 Å². The Labute approximate surface area is 121 Å². The quantitative estimate of drug-likeness (QED) is 0.735. The van der Waals surface area contributed by atoms with Crippen LogP contribution in [0.1, 0.15) is 22.8 Å². The molecule has 104 valence electrons. The molecule has 0 N–H and O–H groups in total. The third kappa shape index (κ3) is 2.54. The van der Waals surface area contributed by atoms with E-state index in [1.54, 1.807) is 12.1 Å². The third-order valence-electron chi connectivity index (χ3n) is 3.18. The van der Waals surface area contributed by atoms with Crippen molar-refractivity contribution < 1.29 is 4.52 Å². The molecule has 0 aliphatic heterocycles. The van der Waals surface area contributed by atoms with Crippen molar-refractivity contribution in [3.8, 4) is 17.5 Å². The number of rotatable bonds is 3. The number of nitriles is 1. The second-order valence-electron chi connectivity index (χ2n) is 4.78. The van der Waals surface area contributed by atoms with Gasteiger partial charge < -0.3 is 9.09 Å². The molecule has 0 saturated heterocycles. The number of nitrogens with zero attached hydrogens (tertiary/aromatic N) is 5. The van der Waals surface area contributed by atoms with Crippen LogP contribution in [0.25, 0.3) is 11.4 Å². The van der Waals surface area contributed by atoms with Crippen molar-refractivity contribution in [1.82, 2.24) is 19.9 Å². The van der Waals surface area contributed by atoms with Gasteiger partial charge in [0.15, 0.2) is 5.82 Å². The summed E-state index contributed by atoms with van der Waals surface area (Å²) in [6, 6.07) is 11.3. The summed E-state index contributed by atoms with van der Waals surface area (Å²) >= 11 is 0. The van der Waals surface area contributed by atoms with E-state index in [1.165, 1.54) is 0 Å². The zero-order valence-corrected chi connectivity index (χ0v) is 11.7. The van der Waals surface area contributed by atoms with Gasteiger partial charge in [-0.05, 0) is 26.0 Å². The van der Waals surface area contributed by atoms with Crippen molar-refractivity contribution in [2.75, 3.05) is 0 Å². The molecule has 0 saturated carbocycles. The smallest absolute Gasteiger partial charge is 0.164 e. The highest BCUT2D eigenvalue weighted by Crippen LogP contribution is 2.20. The summed E-state index contributed by atoms with van der Waals surface area (Å²) in [6.07, 6.45) is 0. The highest BCUT2D eigenvalue weighted by molar-refractivity contribution is 5.58. The topological polar surface area (TPSA) is 80.5 Å². The van der Waals surface area contributed by atoms with Gasteiger partial charge in [0.05, 0.1) is 18.2 Å². The highest BCUT2D eigenvalue weighted by atomic mass is 16.5. The molecule has 2 heterocycles. The zero-order valence-electron chi connectivity index (χ0n) is 11.7. The second-order valence-corrected chi connectivity index (χ2v) is 4.78. The lowest BCUT2D eigenvalue weighted by Crippen LogP contribution is -2.04. The Morgan fingerprint density at radius 2 is 2.10 bits per heavy atom. The van der Waals surface area contributed by atoms with Crippen LogP contribution in [-0.2, 0) is 6.54 Å². The lowest BCUT2D eigenvalue weighted by Gasteiger charge is -2.06. The summed E-state index contributed by atoms with van der Waals surface area (Å²) in [5.74, 6) is 2.27. The first-order valence-corrected chi connectivity index (χ1v) is 6.50. The van der Waals surface area contributed by atoms with E-state index in [4.69, 9.17) is 9.78 Å². The molecule has 21 heavy (non-hydrogen) atoms. The molecule has 0 atom stereocenters. The first-order valence-electron chi connectivity index (χ1n) is 6.50. The van der Waals surface area contributed by atoms with Gasteiger partial charge in [0, 0.05) is 11.6 Å².